The number of hydrogen-bond donors (Lipinski definition) is 1. The Bertz CT molecular complexity index is 808. The summed E-state index contributed by atoms with van der Waals surface area (Å²) in [5.74, 6) is 0.875. The molecule has 0 bridgehead atoms. The molecule has 160 valence electrons. The predicted molar refractivity (Wildman–Crippen MR) is 115 cm³/mol. The minimum atomic E-state index is -0.0716. The van der Waals surface area contributed by atoms with E-state index in [0.29, 0.717) is 52.1 Å². The van der Waals surface area contributed by atoms with Gasteiger partial charge in [-0.3, -0.25) is 9.59 Å². The van der Waals surface area contributed by atoms with Gasteiger partial charge in [-0.25, -0.2) is 0 Å². The minimum Gasteiger partial charge on any atom is -0.494 e. The maximum atomic E-state index is 12.5. The summed E-state index contributed by atoms with van der Waals surface area (Å²) in [4.78, 5) is 26.5. The lowest BCUT2D eigenvalue weighted by atomic mass is 10.1. The molecule has 3 rings (SSSR count). The van der Waals surface area contributed by atoms with Crippen LogP contribution in [0.15, 0.2) is 54.6 Å². The third-order valence-electron chi connectivity index (χ3n) is 5.08. The normalized spacial score (nSPS) is 16.2. The second-order valence-corrected chi connectivity index (χ2v) is 7.32. The van der Waals surface area contributed by atoms with Crippen molar-refractivity contribution in [3.05, 3.63) is 65.7 Å². The monoisotopic (exact) mass is 410 g/mol. The first-order valence-electron chi connectivity index (χ1n) is 10.6. The summed E-state index contributed by atoms with van der Waals surface area (Å²) in [5.41, 5.74) is 2.03. The highest BCUT2D eigenvalue weighted by atomic mass is 16.5. The van der Waals surface area contributed by atoms with Crippen molar-refractivity contribution in [3.63, 3.8) is 0 Å². The molecule has 2 aromatic rings. The van der Waals surface area contributed by atoms with Crippen molar-refractivity contribution in [2.24, 2.45) is 0 Å². The van der Waals surface area contributed by atoms with Crippen LogP contribution in [0.2, 0.25) is 0 Å². The molecule has 1 heterocycles. The number of benzene rings is 2. The standard InChI is InChI=1S/C24H30N2O4/c1-2-29-21-12-10-19(11-13-21)17-23(27)25-14-6-9-24(28)26-15-16-30-22(18-26)20-7-4-3-5-8-20/h3-5,7-8,10-13,22H,2,6,9,14-18H2,1H3,(H,25,27). The first-order chi connectivity index (χ1) is 14.7. The summed E-state index contributed by atoms with van der Waals surface area (Å²) in [6, 6.07) is 17.5. The van der Waals surface area contributed by atoms with Gasteiger partial charge in [0.15, 0.2) is 0 Å². The summed E-state index contributed by atoms with van der Waals surface area (Å²) in [6.07, 6.45) is 1.30. The second-order valence-electron chi connectivity index (χ2n) is 7.32. The topological polar surface area (TPSA) is 67.9 Å². The Morgan fingerprint density at radius 1 is 1.13 bits per heavy atom. The van der Waals surface area contributed by atoms with Crippen molar-refractivity contribution in [2.75, 3.05) is 32.8 Å². The SMILES string of the molecule is CCOc1ccc(CC(=O)NCCCC(=O)N2CCOC(c3ccccc3)C2)cc1. The van der Waals surface area contributed by atoms with Crippen LogP contribution >= 0.6 is 0 Å². The molecule has 1 N–H and O–H groups in total. The first kappa shape index (κ1) is 21.8. The third kappa shape index (κ3) is 6.59. The Kier molecular flexibility index (Phi) is 8.27. The zero-order chi connectivity index (χ0) is 21.2. The molecule has 1 aliphatic heterocycles. The highest BCUT2D eigenvalue weighted by Crippen LogP contribution is 2.22. The molecule has 0 saturated carbocycles. The smallest absolute Gasteiger partial charge is 0.224 e. The molecule has 0 radical (unpaired) electrons. The Balaban J connectivity index is 1.35. The highest BCUT2D eigenvalue weighted by Gasteiger charge is 2.24. The average Bonchev–Trinajstić information content (AvgIpc) is 2.79. The van der Waals surface area contributed by atoms with Crippen LogP contribution in [0.1, 0.15) is 37.0 Å². The van der Waals surface area contributed by atoms with Gasteiger partial charge in [-0.05, 0) is 36.6 Å². The maximum Gasteiger partial charge on any atom is 0.224 e. The maximum absolute atomic E-state index is 12.5. The fraction of sp³-hybridized carbons (Fsp3) is 0.417. The number of nitrogens with zero attached hydrogens (tertiary/aromatic N) is 1. The molecule has 0 aromatic heterocycles. The largest absolute Gasteiger partial charge is 0.494 e. The molecule has 1 unspecified atom stereocenters. The van der Waals surface area contributed by atoms with Crippen molar-refractivity contribution >= 4 is 11.8 Å². The number of hydrogen-bond acceptors (Lipinski definition) is 4. The van der Waals surface area contributed by atoms with Crippen LogP contribution in [0.5, 0.6) is 5.75 Å². The van der Waals surface area contributed by atoms with Gasteiger partial charge in [0.05, 0.1) is 26.2 Å². The summed E-state index contributed by atoms with van der Waals surface area (Å²) in [5, 5.41) is 2.90. The van der Waals surface area contributed by atoms with E-state index in [2.05, 4.69) is 5.32 Å². The van der Waals surface area contributed by atoms with Crippen molar-refractivity contribution in [3.8, 4) is 5.75 Å². The molecule has 1 atom stereocenters. The van der Waals surface area contributed by atoms with Crippen LogP contribution in [-0.2, 0) is 20.7 Å². The predicted octanol–water partition coefficient (Wildman–Crippen LogP) is 3.12. The zero-order valence-electron chi connectivity index (χ0n) is 17.5. The van der Waals surface area contributed by atoms with Crippen molar-refractivity contribution < 1.29 is 19.1 Å². The Labute approximate surface area is 178 Å². The molecule has 0 aliphatic carbocycles. The van der Waals surface area contributed by atoms with Gasteiger partial charge in [0.2, 0.25) is 11.8 Å². The van der Waals surface area contributed by atoms with E-state index in [4.69, 9.17) is 9.47 Å². The van der Waals surface area contributed by atoms with Crippen LogP contribution in [0.3, 0.4) is 0 Å². The van der Waals surface area contributed by atoms with E-state index in [9.17, 15) is 9.59 Å². The van der Waals surface area contributed by atoms with E-state index in [1.165, 1.54) is 0 Å². The molecule has 6 heteroatoms. The van der Waals surface area contributed by atoms with Gasteiger partial charge in [-0.2, -0.15) is 0 Å². The van der Waals surface area contributed by atoms with Crippen LogP contribution in [0.4, 0.5) is 0 Å². The summed E-state index contributed by atoms with van der Waals surface area (Å²) in [6.45, 7) is 4.79. The summed E-state index contributed by atoms with van der Waals surface area (Å²) >= 11 is 0. The lowest BCUT2D eigenvalue weighted by molar-refractivity contribution is -0.139. The van der Waals surface area contributed by atoms with Crippen molar-refractivity contribution in [1.82, 2.24) is 10.2 Å². The Morgan fingerprint density at radius 3 is 2.63 bits per heavy atom. The number of carbonyl (C=O) groups excluding carboxylic acids is 2. The molecule has 0 spiro atoms. The zero-order valence-corrected chi connectivity index (χ0v) is 17.5. The third-order valence-corrected chi connectivity index (χ3v) is 5.08. The minimum absolute atomic E-state index is 0.0397. The molecular weight excluding hydrogens is 380 g/mol. The molecule has 1 fully saturated rings. The number of ether oxygens (including phenoxy) is 2. The van der Waals surface area contributed by atoms with E-state index in [1.807, 2.05) is 66.4 Å². The van der Waals surface area contributed by atoms with Gasteiger partial charge >= 0.3 is 0 Å². The lowest BCUT2D eigenvalue weighted by Crippen LogP contribution is -2.42. The molecule has 2 aromatic carbocycles. The molecule has 1 saturated heterocycles. The summed E-state index contributed by atoms with van der Waals surface area (Å²) < 4.78 is 11.2. The average molecular weight is 411 g/mol. The fourth-order valence-electron chi connectivity index (χ4n) is 3.49. The number of amides is 2. The van der Waals surface area contributed by atoms with Gasteiger partial charge in [-0.15, -0.1) is 0 Å². The number of rotatable bonds is 9. The first-order valence-corrected chi connectivity index (χ1v) is 10.6. The summed E-state index contributed by atoms with van der Waals surface area (Å²) in [7, 11) is 0. The second kappa shape index (κ2) is 11.4. The van der Waals surface area contributed by atoms with Crippen LogP contribution in [0, 0.1) is 0 Å². The van der Waals surface area contributed by atoms with Gasteiger partial charge < -0.3 is 19.7 Å². The Morgan fingerprint density at radius 2 is 1.90 bits per heavy atom. The fourth-order valence-corrected chi connectivity index (χ4v) is 3.49. The van der Waals surface area contributed by atoms with Crippen LogP contribution in [-0.4, -0.2) is 49.6 Å². The van der Waals surface area contributed by atoms with E-state index >= 15 is 0 Å². The number of nitrogens with one attached hydrogen (secondary N) is 1. The molecule has 2 amide bonds. The van der Waals surface area contributed by atoms with Gasteiger partial charge in [-0.1, -0.05) is 42.5 Å². The van der Waals surface area contributed by atoms with Gasteiger partial charge in [0.1, 0.15) is 11.9 Å². The van der Waals surface area contributed by atoms with Crippen molar-refractivity contribution in [1.29, 1.82) is 0 Å². The van der Waals surface area contributed by atoms with Crippen LogP contribution in [0.25, 0.3) is 0 Å². The van der Waals surface area contributed by atoms with Gasteiger partial charge in [0, 0.05) is 19.5 Å². The molecule has 6 nitrogen and oxygen atoms in total. The molecular formula is C24H30N2O4. The van der Waals surface area contributed by atoms with Crippen molar-refractivity contribution in [2.45, 2.75) is 32.3 Å². The van der Waals surface area contributed by atoms with E-state index in [-0.39, 0.29) is 17.9 Å². The Hall–Kier alpha value is -2.86. The highest BCUT2D eigenvalue weighted by molar-refractivity contribution is 5.79. The van der Waals surface area contributed by atoms with E-state index < -0.39 is 0 Å². The van der Waals surface area contributed by atoms with Crippen LogP contribution < -0.4 is 10.1 Å². The molecule has 1 aliphatic rings. The number of morpholine rings is 1. The van der Waals surface area contributed by atoms with E-state index in [1.54, 1.807) is 0 Å². The lowest BCUT2D eigenvalue weighted by Gasteiger charge is -2.33. The van der Waals surface area contributed by atoms with Gasteiger partial charge in [0.25, 0.3) is 0 Å². The molecule has 30 heavy (non-hydrogen) atoms. The number of carbonyl (C=O) groups is 2. The quantitative estimate of drug-likeness (QED) is 0.645. The van der Waals surface area contributed by atoms with E-state index in [0.717, 1.165) is 16.9 Å².